The van der Waals surface area contributed by atoms with E-state index in [-0.39, 0.29) is 37.8 Å². The van der Waals surface area contributed by atoms with Crippen LogP contribution >= 0.6 is 54.5 Å². The number of carbonyl (C=O) groups excluding carboxylic acids is 6. The van der Waals surface area contributed by atoms with E-state index in [2.05, 4.69) is 46.1 Å². The Morgan fingerprint density at radius 1 is 0.692 bits per heavy atom. The molecule has 13 heteroatoms. The number of hydrogen-bond donors (Lipinski definition) is 0. The highest BCUT2D eigenvalue weighted by molar-refractivity contribution is 9.11. The Morgan fingerprint density at radius 2 is 1.13 bits per heavy atom. The largest absolute Gasteiger partial charge is 0.460 e. The van der Waals surface area contributed by atoms with Crippen molar-refractivity contribution in [3.63, 3.8) is 0 Å². The van der Waals surface area contributed by atoms with Gasteiger partial charge in [-0.05, 0) is 89.7 Å². The van der Waals surface area contributed by atoms with Gasteiger partial charge in [-0.25, -0.2) is 14.4 Å². The predicted octanol–water partition coefficient (Wildman–Crippen LogP) is 6.46. The average molecular weight is 712 g/mol. The first-order chi connectivity index (χ1) is 18.5. The van der Waals surface area contributed by atoms with E-state index in [0.717, 1.165) is 18.9 Å². The van der Waals surface area contributed by atoms with Gasteiger partial charge in [0.1, 0.15) is 0 Å². The molecule has 2 aromatic rings. The van der Waals surface area contributed by atoms with Gasteiger partial charge in [0.05, 0.1) is 43.1 Å². The summed E-state index contributed by atoms with van der Waals surface area (Å²) in [5.41, 5.74) is 0. The molecule has 216 valence electrons. The van der Waals surface area contributed by atoms with E-state index in [1.807, 2.05) is 19.1 Å². The zero-order valence-corrected chi connectivity index (χ0v) is 27.2. The molecule has 0 aliphatic carbocycles. The van der Waals surface area contributed by atoms with Crippen molar-refractivity contribution in [3.05, 3.63) is 41.6 Å². The summed E-state index contributed by atoms with van der Waals surface area (Å²) >= 11 is 9.32. The maximum atomic E-state index is 12.1. The van der Waals surface area contributed by atoms with Crippen LogP contribution in [0.15, 0.2) is 31.8 Å². The van der Waals surface area contributed by atoms with Crippen molar-refractivity contribution in [2.75, 3.05) is 19.8 Å². The number of Topliss-reactive ketones (excluding diaryl/α,β-unsaturated/α-hetero) is 3. The van der Waals surface area contributed by atoms with Crippen molar-refractivity contribution in [3.8, 4) is 0 Å². The second-order valence-corrected chi connectivity index (χ2v) is 12.2. The molecule has 0 spiro atoms. The Hall–Kier alpha value is -2.22. The average Bonchev–Trinajstić information content (AvgIpc) is 3.54. The Kier molecular flexibility index (Phi) is 19.5. The zero-order valence-electron chi connectivity index (χ0n) is 22.4. The van der Waals surface area contributed by atoms with Crippen LogP contribution in [0.4, 0.5) is 0 Å². The molecule has 0 aliphatic rings. The van der Waals surface area contributed by atoms with E-state index in [0.29, 0.717) is 11.3 Å². The number of rotatable bonds is 11. The monoisotopic (exact) mass is 710 g/mol. The summed E-state index contributed by atoms with van der Waals surface area (Å²) in [6.45, 7) is 9.08. The molecule has 9 nitrogen and oxygen atoms in total. The van der Waals surface area contributed by atoms with E-state index in [9.17, 15) is 28.8 Å². The van der Waals surface area contributed by atoms with Crippen LogP contribution in [0.3, 0.4) is 0 Å². The van der Waals surface area contributed by atoms with Crippen LogP contribution in [0.5, 0.6) is 0 Å². The second-order valence-electron chi connectivity index (χ2n) is 7.23. The lowest BCUT2D eigenvalue weighted by atomic mass is 9.95. The molecule has 0 radical (unpaired) electrons. The van der Waals surface area contributed by atoms with Gasteiger partial charge in [-0.2, -0.15) is 0 Å². The fraction of sp³-hybridized carbons (Fsp3) is 0.462. The Bertz CT molecular complexity index is 1090. The molecule has 0 N–H and O–H groups in total. The third-order valence-electron chi connectivity index (χ3n) is 4.38. The van der Waals surface area contributed by atoms with E-state index in [1.165, 1.54) is 22.7 Å². The quantitative estimate of drug-likeness (QED) is 0.0848. The number of carbonyl (C=O) groups is 6. The first-order valence-electron chi connectivity index (χ1n) is 12.1. The maximum Gasteiger partial charge on any atom is 0.417 e. The van der Waals surface area contributed by atoms with Gasteiger partial charge in [0.15, 0.2) is 11.6 Å². The minimum atomic E-state index is -0.949. The van der Waals surface area contributed by atoms with Gasteiger partial charge in [0, 0.05) is 6.42 Å². The van der Waals surface area contributed by atoms with Crippen molar-refractivity contribution in [2.45, 2.75) is 53.9 Å². The fourth-order valence-corrected chi connectivity index (χ4v) is 5.38. The summed E-state index contributed by atoms with van der Waals surface area (Å²) < 4.78 is 15.2. The van der Waals surface area contributed by atoms with Gasteiger partial charge >= 0.3 is 17.9 Å². The first kappa shape index (κ1) is 36.8. The SMILES string of the molecule is CCCC(=O)c1ccc(Br)s1.CCOC(=O)C(=O)C(CC)C(=O)c1ccc(Br)s1.CCOC(=O)C(=O)OCC. The van der Waals surface area contributed by atoms with Crippen LogP contribution in [0, 0.1) is 5.92 Å². The molecular weight excluding hydrogens is 680 g/mol. The van der Waals surface area contributed by atoms with Crippen LogP contribution in [0.2, 0.25) is 0 Å². The highest BCUT2D eigenvalue weighted by Crippen LogP contribution is 2.26. The van der Waals surface area contributed by atoms with E-state index >= 15 is 0 Å². The molecule has 0 saturated carbocycles. The first-order valence-corrected chi connectivity index (χ1v) is 15.3. The molecule has 0 aromatic carbocycles. The maximum absolute atomic E-state index is 12.1. The number of ether oxygens (including phenoxy) is 3. The minimum absolute atomic E-state index is 0.125. The molecule has 0 amide bonds. The van der Waals surface area contributed by atoms with Gasteiger partial charge in [0.25, 0.3) is 5.78 Å². The lowest BCUT2D eigenvalue weighted by Gasteiger charge is -2.10. The van der Waals surface area contributed by atoms with Gasteiger partial charge in [0.2, 0.25) is 0 Å². The molecule has 2 heterocycles. The van der Waals surface area contributed by atoms with Gasteiger partial charge in [-0.1, -0.05) is 13.8 Å². The molecule has 0 bridgehead atoms. The summed E-state index contributed by atoms with van der Waals surface area (Å²) in [5, 5.41) is 0. The molecule has 39 heavy (non-hydrogen) atoms. The lowest BCUT2D eigenvalue weighted by molar-refractivity contribution is -0.167. The van der Waals surface area contributed by atoms with E-state index in [4.69, 9.17) is 0 Å². The molecule has 1 atom stereocenters. The second kappa shape index (κ2) is 20.7. The van der Waals surface area contributed by atoms with Crippen LogP contribution in [-0.4, -0.2) is 55.1 Å². The number of hydrogen-bond acceptors (Lipinski definition) is 11. The molecule has 1 unspecified atom stereocenters. The number of thiophene rings is 2. The van der Waals surface area contributed by atoms with Gasteiger partial charge in [-0.15, -0.1) is 22.7 Å². The number of esters is 3. The molecule has 0 saturated heterocycles. The van der Waals surface area contributed by atoms with Crippen molar-refractivity contribution in [1.29, 1.82) is 0 Å². The topological polar surface area (TPSA) is 130 Å². The number of halogens is 2. The van der Waals surface area contributed by atoms with Gasteiger partial charge in [-0.3, -0.25) is 14.4 Å². The Labute approximate surface area is 252 Å². The summed E-state index contributed by atoms with van der Waals surface area (Å²) in [7, 11) is 0. The van der Waals surface area contributed by atoms with Crippen molar-refractivity contribution >= 4 is 89.8 Å². The summed E-state index contributed by atoms with van der Waals surface area (Å²) in [6, 6.07) is 7.15. The Morgan fingerprint density at radius 3 is 1.49 bits per heavy atom. The zero-order chi connectivity index (χ0) is 30.0. The molecule has 2 aromatic heterocycles. The van der Waals surface area contributed by atoms with Crippen molar-refractivity contribution in [1.82, 2.24) is 0 Å². The lowest BCUT2D eigenvalue weighted by Crippen LogP contribution is -2.31. The molecule has 2 rings (SSSR count). The molecule has 0 aliphatic heterocycles. The Balaban J connectivity index is 0.000000593. The van der Waals surface area contributed by atoms with Crippen molar-refractivity contribution < 1.29 is 43.0 Å². The third kappa shape index (κ3) is 14.1. The van der Waals surface area contributed by atoms with Crippen molar-refractivity contribution in [2.24, 2.45) is 5.92 Å². The summed E-state index contributed by atoms with van der Waals surface area (Å²) in [5.74, 6) is -4.58. The van der Waals surface area contributed by atoms with Crippen LogP contribution in [-0.2, 0) is 33.4 Å². The number of ketones is 3. The minimum Gasteiger partial charge on any atom is -0.460 e. The highest BCUT2D eigenvalue weighted by atomic mass is 79.9. The molecular formula is C26H32Br2O9S2. The predicted molar refractivity (Wildman–Crippen MR) is 156 cm³/mol. The summed E-state index contributed by atoms with van der Waals surface area (Å²) in [6.07, 6.45) is 1.87. The van der Waals surface area contributed by atoms with Crippen LogP contribution < -0.4 is 0 Å². The highest BCUT2D eigenvalue weighted by Gasteiger charge is 2.32. The van der Waals surface area contributed by atoms with Gasteiger partial charge < -0.3 is 14.2 Å². The third-order valence-corrected chi connectivity index (χ3v) is 7.68. The van der Waals surface area contributed by atoms with E-state index < -0.39 is 29.6 Å². The molecule has 0 fully saturated rings. The smallest absolute Gasteiger partial charge is 0.417 e. The summed E-state index contributed by atoms with van der Waals surface area (Å²) in [4.78, 5) is 68.7. The standard InChI is InChI=1S/C12H13BrO4S.C8H9BrOS.C6H10O4/c1-3-7(11(15)12(16)17-4-2)10(14)8-5-6-9(13)18-8;1-2-3-6(10)7-4-5-8(9)11-7;1-3-9-5(7)6(8)10-4-2/h5-7H,3-4H2,1-2H3;4-5H,2-3H2,1H3;3-4H2,1-2H3. The van der Waals surface area contributed by atoms with Crippen LogP contribution in [0.1, 0.15) is 73.2 Å². The fourth-order valence-electron chi connectivity index (χ4n) is 2.65. The van der Waals surface area contributed by atoms with E-state index in [1.54, 1.807) is 39.8 Å². The van der Waals surface area contributed by atoms with Crippen LogP contribution in [0.25, 0.3) is 0 Å². The normalized spacial score (nSPS) is 10.5.